The van der Waals surface area contributed by atoms with E-state index < -0.39 is 0 Å². The van der Waals surface area contributed by atoms with Crippen LogP contribution in [0.25, 0.3) is 0 Å². The highest BCUT2D eigenvalue weighted by molar-refractivity contribution is 7.98. The standard InChI is InChI=1S/C16H27N3O2S/c1-4-17-16(18-9-12-22-3)19-14-7-5-8-15(13-14)21-11-6-10-20-2/h5,7-8,13H,4,6,9-12H2,1-3H3,(H2,17,18,19). The van der Waals surface area contributed by atoms with E-state index in [0.29, 0.717) is 13.2 Å². The van der Waals surface area contributed by atoms with Crippen molar-refractivity contribution < 1.29 is 9.47 Å². The number of benzene rings is 1. The first kappa shape index (κ1) is 18.6. The van der Waals surface area contributed by atoms with Crippen molar-refractivity contribution in [2.45, 2.75) is 13.3 Å². The highest BCUT2D eigenvalue weighted by Gasteiger charge is 2.01. The molecule has 0 unspecified atom stereocenters. The molecule has 1 aromatic rings. The Morgan fingerprint density at radius 2 is 2.18 bits per heavy atom. The topological polar surface area (TPSA) is 54.9 Å². The summed E-state index contributed by atoms with van der Waals surface area (Å²) in [6.07, 6.45) is 2.97. The molecule has 0 heterocycles. The fraction of sp³-hybridized carbons (Fsp3) is 0.562. The second kappa shape index (κ2) is 12.2. The van der Waals surface area contributed by atoms with Crippen molar-refractivity contribution in [2.75, 3.05) is 50.7 Å². The predicted octanol–water partition coefficient (Wildman–Crippen LogP) is 2.84. The summed E-state index contributed by atoms with van der Waals surface area (Å²) in [5.41, 5.74) is 0.966. The van der Waals surface area contributed by atoms with Gasteiger partial charge in [-0.3, -0.25) is 4.99 Å². The molecule has 1 rings (SSSR count). The van der Waals surface area contributed by atoms with Gasteiger partial charge in [0, 0.05) is 44.2 Å². The van der Waals surface area contributed by atoms with E-state index >= 15 is 0 Å². The number of nitrogens with one attached hydrogen (secondary N) is 2. The summed E-state index contributed by atoms with van der Waals surface area (Å²) in [4.78, 5) is 4.53. The molecule has 0 aromatic heterocycles. The first-order valence-electron chi connectivity index (χ1n) is 7.56. The van der Waals surface area contributed by atoms with Crippen molar-refractivity contribution in [3.8, 4) is 5.75 Å². The van der Waals surface area contributed by atoms with E-state index in [-0.39, 0.29) is 0 Å². The lowest BCUT2D eigenvalue weighted by molar-refractivity contribution is 0.172. The Morgan fingerprint density at radius 1 is 1.32 bits per heavy atom. The number of thioether (sulfide) groups is 1. The average Bonchev–Trinajstić information content (AvgIpc) is 2.52. The van der Waals surface area contributed by atoms with E-state index in [9.17, 15) is 0 Å². The Labute approximate surface area is 137 Å². The van der Waals surface area contributed by atoms with Gasteiger partial charge in [-0.1, -0.05) is 6.07 Å². The van der Waals surface area contributed by atoms with Crippen LogP contribution in [0.4, 0.5) is 5.69 Å². The van der Waals surface area contributed by atoms with Gasteiger partial charge < -0.3 is 20.1 Å². The smallest absolute Gasteiger partial charge is 0.195 e. The molecule has 0 spiro atoms. The number of hydrogen-bond acceptors (Lipinski definition) is 4. The number of ether oxygens (including phenoxy) is 2. The van der Waals surface area contributed by atoms with Gasteiger partial charge >= 0.3 is 0 Å². The van der Waals surface area contributed by atoms with Crippen molar-refractivity contribution in [3.05, 3.63) is 24.3 Å². The lowest BCUT2D eigenvalue weighted by atomic mass is 10.3. The van der Waals surface area contributed by atoms with Crippen LogP contribution in [-0.4, -0.2) is 51.4 Å². The highest BCUT2D eigenvalue weighted by atomic mass is 32.2. The van der Waals surface area contributed by atoms with Crippen molar-refractivity contribution >= 4 is 23.4 Å². The fourth-order valence-corrected chi connectivity index (χ4v) is 2.02. The largest absolute Gasteiger partial charge is 0.493 e. The Balaban J connectivity index is 2.56. The number of nitrogens with zero attached hydrogens (tertiary/aromatic N) is 1. The number of guanidine groups is 1. The summed E-state index contributed by atoms with van der Waals surface area (Å²) in [5, 5.41) is 6.55. The maximum absolute atomic E-state index is 5.71. The SMILES string of the molecule is CCNC(=NCCSC)Nc1cccc(OCCCOC)c1. The molecule has 0 amide bonds. The molecule has 22 heavy (non-hydrogen) atoms. The molecule has 0 aliphatic heterocycles. The third-order valence-electron chi connectivity index (χ3n) is 2.77. The second-order valence-corrected chi connectivity index (χ2v) is 5.59. The normalized spacial score (nSPS) is 11.3. The van der Waals surface area contributed by atoms with E-state index in [0.717, 1.165) is 42.7 Å². The molecule has 0 saturated heterocycles. The first-order chi connectivity index (χ1) is 10.8. The highest BCUT2D eigenvalue weighted by Crippen LogP contribution is 2.17. The van der Waals surface area contributed by atoms with Crippen molar-refractivity contribution in [1.29, 1.82) is 0 Å². The van der Waals surface area contributed by atoms with Crippen LogP contribution in [0.2, 0.25) is 0 Å². The van der Waals surface area contributed by atoms with Crippen molar-refractivity contribution in [1.82, 2.24) is 5.32 Å². The minimum Gasteiger partial charge on any atom is -0.493 e. The van der Waals surface area contributed by atoms with Gasteiger partial charge in [-0.2, -0.15) is 11.8 Å². The molecule has 0 aliphatic rings. The Bertz CT molecular complexity index is 441. The molecule has 0 bridgehead atoms. The Morgan fingerprint density at radius 3 is 2.91 bits per heavy atom. The molecule has 0 radical (unpaired) electrons. The summed E-state index contributed by atoms with van der Waals surface area (Å²) in [7, 11) is 1.70. The minimum atomic E-state index is 0.652. The summed E-state index contributed by atoms with van der Waals surface area (Å²) in [6, 6.07) is 7.91. The second-order valence-electron chi connectivity index (χ2n) is 4.60. The van der Waals surface area contributed by atoms with Crippen LogP contribution in [0, 0.1) is 0 Å². The van der Waals surface area contributed by atoms with Crippen molar-refractivity contribution in [3.63, 3.8) is 0 Å². The van der Waals surface area contributed by atoms with Gasteiger partial charge in [0.1, 0.15) is 5.75 Å². The van der Waals surface area contributed by atoms with Gasteiger partial charge in [0.2, 0.25) is 0 Å². The molecule has 2 N–H and O–H groups in total. The Hall–Kier alpha value is -1.40. The lowest BCUT2D eigenvalue weighted by Gasteiger charge is -2.12. The van der Waals surface area contributed by atoms with E-state index in [1.807, 2.05) is 24.3 Å². The number of methoxy groups -OCH3 is 1. The zero-order valence-corrected chi connectivity index (χ0v) is 14.5. The third kappa shape index (κ3) is 8.14. The molecule has 0 aliphatic carbocycles. The van der Waals surface area contributed by atoms with Crippen LogP contribution in [0.5, 0.6) is 5.75 Å². The van der Waals surface area contributed by atoms with Crippen LogP contribution in [-0.2, 0) is 4.74 Å². The zero-order chi connectivity index (χ0) is 16.0. The van der Waals surface area contributed by atoms with Gasteiger partial charge in [-0.15, -0.1) is 0 Å². The van der Waals surface area contributed by atoms with E-state index in [1.165, 1.54) is 0 Å². The predicted molar refractivity (Wildman–Crippen MR) is 96.4 cm³/mol. The molecule has 0 saturated carbocycles. The molecular weight excluding hydrogens is 298 g/mol. The molecule has 0 atom stereocenters. The van der Waals surface area contributed by atoms with Gasteiger partial charge in [0.15, 0.2) is 5.96 Å². The molecular formula is C16H27N3O2S. The van der Waals surface area contributed by atoms with Gasteiger partial charge in [-0.05, 0) is 25.3 Å². The molecule has 5 nitrogen and oxygen atoms in total. The Kier molecular flexibility index (Phi) is 10.3. The minimum absolute atomic E-state index is 0.652. The van der Waals surface area contributed by atoms with Crippen LogP contribution < -0.4 is 15.4 Å². The van der Waals surface area contributed by atoms with E-state index in [2.05, 4.69) is 28.8 Å². The van der Waals surface area contributed by atoms with Crippen LogP contribution >= 0.6 is 11.8 Å². The molecule has 6 heteroatoms. The fourth-order valence-electron chi connectivity index (χ4n) is 1.75. The molecule has 0 fully saturated rings. The number of rotatable bonds is 10. The third-order valence-corrected chi connectivity index (χ3v) is 3.36. The van der Waals surface area contributed by atoms with Crippen LogP contribution in [0.15, 0.2) is 29.3 Å². The maximum Gasteiger partial charge on any atom is 0.195 e. The zero-order valence-electron chi connectivity index (χ0n) is 13.7. The lowest BCUT2D eigenvalue weighted by Crippen LogP contribution is -2.30. The van der Waals surface area contributed by atoms with E-state index in [4.69, 9.17) is 9.47 Å². The van der Waals surface area contributed by atoms with Crippen molar-refractivity contribution in [2.24, 2.45) is 4.99 Å². The summed E-state index contributed by atoms with van der Waals surface area (Å²) < 4.78 is 10.7. The quantitative estimate of drug-likeness (QED) is 0.393. The van der Waals surface area contributed by atoms with Gasteiger partial charge in [0.25, 0.3) is 0 Å². The number of anilines is 1. The first-order valence-corrected chi connectivity index (χ1v) is 8.95. The van der Waals surface area contributed by atoms with E-state index in [1.54, 1.807) is 18.9 Å². The summed E-state index contributed by atoms with van der Waals surface area (Å²) in [6.45, 7) is 5.05. The number of hydrogen-bond donors (Lipinski definition) is 2. The maximum atomic E-state index is 5.71. The summed E-state index contributed by atoms with van der Waals surface area (Å²) in [5.74, 6) is 2.66. The van der Waals surface area contributed by atoms with Crippen LogP contribution in [0.3, 0.4) is 0 Å². The van der Waals surface area contributed by atoms with Gasteiger partial charge in [-0.25, -0.2) is 0 Å². The van der Waals surface area contributed by atoms with Crippen LogP contribution in [0.1, 0.15) is 13.3 Å². The molecule has 1 aromatic carbocycles. The monoisotopic (exact) mass is 325 g/mol. The number of aliphatic imine (C=N–C) groups is 1. The summed E-state index contributed by atoms with van der Waals surface area (Å²) >= 11 is 1.79. The average molecular weight is 325 g/mol. The van der Waals surface area contributed by atoms with Gasteiger partial charge in [0.05, 0.1) is 13.2 Å². The molecule has 124 valence electrons.